The van der Waals surface area contributed by atoms with Crippen LogP contribution in [-0.2, 0) is 12.1 Å². The zero-order valence-corrected chi connectivity index (χ0v) is 19.1. The molecule has 1 amide bonds. The largest absolute Gasteiger partial charge is 0.404 e. The fourth-order valence-electron chi connectivity index (χ4n) is 4.78. The average Bonchev–Trinajstić information content (AvgIpc) is 3.63. The third-order valence-corrected chi connectivity index (χ3v) is 6.95. The highest BCUT2D eigenvalue weighted by molar-refractivity contribution is 5.97. The van der Waals surface area contributed by atoms with Crippen LogP contribution in [0.15, 0.2) is 40.8 Å². The number of hydrogen-bond acceptors (Lipinski definition) is 6. The molecule has 2 N–H and O–H groups in total. The third kappa shape index (κ3) is 4.03. The number of alkyl halides is 1. The smallest absolute Gasteiger partial charge is 0.313 e. The molecule has 1 aromatic heterocycles. The Labute approximate surface area is 197 Å². The van der Waals surface area contributed by atoms with Crippen LogP contribution in [0.25, 0.3) is 11.5 Å². The van der Waals surface area contributed by atoms with Gasteiger partial charge in [0.2, 0.25) is 5.89 Å². The van der Waals surface area contributed by atoms with Crippen molar-refractivity contribution in [2.45, 2.75) is 50.6 Å². The molecule has 0 atom stereocenters. The van der Waals surface area contributed by atoms with E-state index in [4.69, 9.17) is 15.4 Å². The standard InChI is InChI=1S/C26H26FN5O2/c1-2-17-13-20(18-5-6-18)22(23-30-31-25(29)34-23)14-21(17)24(33)32-11-9-26(27,10-12-32)19-7-3-16(15-28)4-8-19/h3-4,7-8,13-14,18H,2,5-6,9-12H2,1H3,(H2,29,31). The Hall–Kier alpha value is -3.73. The number of aromatic nitrogens is 2. The number of piperidine rings is 1. The molecular formula is C26H26FN5O2. The van der Waals surface area contributed by atoms with Gasteiger partial charge < -0.3 is 15.1 Å². The van der Waals surface area contributed by atoms with E-state index < -0.39 is 5.67 Å². The lowest BCUT2D eigenvalue weighted by Crippen LogP contribution is -2.43. The minimum Gasteiger partial charge on any atom is -0.404 e. The molecule has 8 heteroatoms. The number of nitrogens with zero attached hydrogens (tertiary/aromatic N) is 4. The van der Waals surface area contributed by atoms with E-state index in [1.807, 2.05) is 13.0 Å². The van der Waals surface area contributed by atoms with E-state index in [1.54, 1.807) is 29.2 Å². The van der Waals surface area contributed by atoms with E-state index in [1.165, 1.54) is 0 Å². The Morgan fingerprint density at radius 3 is 2.50 bits per heavy atom. The number of hydrogen-bond donors (Lipinski definition) is 1. The molecule has 0 unspecified atom stereocenters. The summed E-state index contributed by atoms with van der Waals surface area (Å²) in [7, 11) is 0. The van der Waals surface area contributed by atoms with Crippen LogP contribution in [0.1, 0.15) is 71.1 Å². The number of halogens is 1. The number of rotatable bonds is 5. The summed E-state index contributed by atoms with van der Waals surface area (Å²) in [6, 6.07) is 12.6. The van der Waals surface area contributed by atoms with Crippen molar-refractivity contribution < 1.29 is 13.6 Å². The van der Waals surface area contributed by atoms with Crippen molar-refractivity contribution in [2.75, 3.05) is 18.8 Å². The van der Waals surface area contributed by atoms with Gasteiger partial charge in [-0.2, -0.15) is 5.26 Å². The predicted molar refractivity (Wildman–Crippen MR) is 125 cm³/mol. The summed E-state index contributed by atoms with van der Waals surface area (Å²) in [5, 5.41) is 16.8. The molecule has 7 nitrogen and oxygen atoms in total. The minimum absolute atomic E-state index is 0.0117. The fraction of sp³-hybridized carbons (Fsp3) is 0.385. The highest BCUT2D eigenvalue weighted by Gasteiger charge is 2.38. The predicted octanol–water partition coefficient (Wildman–Crippen LogP) is 4.73. The monoisotopic (exact) mass is 459 g/mol. The van der Waals surface area contributed by atoms with Crippen molar-refractivity contribution in [3.8, 4) is 17.5 Å². The van der Waals surface area contributed by atoms with Gasteiger partial charge in [0.25, 0.3) is 5.91 Å². The number of nitriles is 1. The second-order valence-corrected chi connectivity index (χ2v) is 9.12. The van der Waals surface area contributed by atoms with Gasteiger partial charge in [-0.25, -0.2) is 4.39 Å². The van der Waals surface area contributed by atoms with E-state index in [2.05, 4.69) is 22.3 Å². The van der Waals surface area contributed by atoms with E-state index >= 15 is 4.39 Å². The Kier molecular flexibility index (Phi) is 5.56. The first-order chi connectivity index (χ1) is 16.4. The molecule has 5 rings (SSSR count). The zero-order chi connectivity index (χ0) is 23.9. The first-order valence-electron chi connectivity index (χ1n) is 11.7. The SMILES string of the molecule is CCc1cc(C2CC2)c(-c2nnc(N)o2)cc1C(=O)N1CCC(F)(c2ccc(C#N)cc2)CC1. The molecule has 2 fully saturated rings. The number of carbonyl (C=O) groups is 1. The molecule has 0 bridgehead atoms. The first kappa shape index (κ1) is 22.1. The van der Waals surface area contributed by atoms with Crippen LogP contribution in [0.4, 0.5) is 10.4 Å². The summed E-state index contributed by atoms with van der Waals surface area (Å²) in [4.78, 5) is 15.3. The number of anilines is 1. The molecule has 2 aromatic carbocycles. The molecule has 2 aliphatic rings. The number of amides is 1. The van der Waals surface area contributed by atoms with Gasteiger partial charge in [0.15, 0.2) is 0 Å². The topological polar surface area (TPSA) is 109 Å². The molecule has 0 spiro atoms. The number of aryl methyl sites for hydroxylation is 1. The van der Waals surface area contributed by atoms with Crippen LogP contribution in [0, 0.1) is 11.3 Å². The summed E-state index contributed by atoms with van der Waals surface area (Å²) in [6.45, 7) is 2.65. The summed E-state index contributed by atoms with van der Waals surface area (Å²) < 4.78 is 21.2. The number of nitrogen functional groups attached to an aromatic ring is 1. The van der Waals surface area contributed by atoms with Crippen molar-refractivity contribution in [2.24, 2.45) is 0 Å². The lowest BCUT2D eigenvalue weighted by Gasteiger charge is -2.37. The molecule has 3 aromatic rings. The highest BCUT2D eigenvalue weighted by atomic mass is 19.1. The van der Waals surface area contributed by atoms with Crippen molar-refractivity contribution in [3.63, 3.8) is 0 Å². The third-order valence-electron chi connectivity index (χ3n) is 6.95. The number of likely N-dealkylation sites (tertiary alicyclic amines) is 1. The molecular weight excluding hydrogens is 433 g/mol. The van der Waals surface area contributed by atoms with Crippen molar-refractivity contribution >= 4 is 11.9 Å². The van der Waals surface area contributed by atoms with Gasteiger partial charge in [0, 0.05) is 37.1 Å². The van der Waals surface area contributed by atoms with Gasteiger partial charge in [0.05, 0.1) is 11.6 Å². The second kappa shape index (κ2) is 8.56. The Bertz CT molecular complexity index is 1270. The number of carbonyl (C=O) groups excluding carboxylic acids is 1. The average molecular weight is 460 g/mol. The first-order valence-corrected chi connectivity index (χ1v) is 11.7. The van der Waals surface area contributed by atoms with E-state index in [0.717, 1.165) is 29.5 Å². The summed E-state index contributed by atoms with van der Waals surface area (Å²) >= 11 is 0. The minimum atomic E-state index is -1.51. The van der Waals surface area contributed by atoms with Crippen molar-refractivity contribution in [3.05, 3.63) is 64.2 Å². The van der Waals surface area contributed by atoms with E-state index in [-0.39, 0.29) is 24.8 Å². The molecule has 1 aliphatic heterocycles. The second-order valence-electron chi connectivity index (χ2n) is 9.12. The molecule has 34 heavy (non-hydrogen) atoms. The molecule has 174 valence electrons. The van der Waals surface area contributed by atoms with Crippen LogP contribution in [0.3, 0.4) is 0 Å². The Morgan fingerprint density at radius 2 is 1.94 bits per heavy atom. The maximum Gasteiger partial charge on any atom is 0.313 e. The Balaban J connectivity index is 1.41. The van der Waals surface area contributed by atoms with Crippen LogP contribution < -0.4 is 5.73 Å². The van der Waals surface area contributed by atoms with Crippen LogP contribution in [-0.4, -0.2) is 34.1 Å². The summed E-state index contributed by atoms with van der Waals surface area (Å²) in [5.74, 6) is 0.625. The number of benzene rings is 2. The van der Waals surface area contributed by atoms with Crippen LogP contribution in [0.5, 0.6) is 0 Å². The lowest BCUT2D eigenvalue weighted by atomic mass is 9.85. The van der Waals surface area contributed by atoms with Crippen LogP contribution in [0.2, 0.25) is 0 Å². The fourth-order valence-corrected chi connectivity index (χ4v) is 4.78. The quantitative estimate of drug-likeness (QED) is 0.591. The molecule has 2 heterocycles. The molecule has 1 saturated carbocycles. The van der Waals surface area contributed by atoms with Gasteiger partial charge >= 0.3 is 6.01 Å². The van der Waals surface area contributed by atoms with E-state index in [9.17, 15) is 4.79 Å². The molecule has 1 saturated heterocycles. The maximum absolute atomic E-state index is 15.7. The normalized spacial score (nSPS) is 17.4. The van der Waals surface area contributed by atoms with Gasteiger partial charge in [-0.15, -0.1) is 5.10 Å². The van der Waals surface area contributed by atoms with Gasteiger partial charge in [-0.05, 0) is 60.1 Å². The molecule has 1 aliphatic carbocycles. The summed E-state index contributed by atoms with van der Waals surface area (Å²) in [5.41, 5.74) is 8.61. The van der Waals surface area contributed by atoms with Crippen molar-refractivity contribution in [1.82, 2.24) is 15.1 Å². The molecule has 0 radical (unpaired) electrons. The number of nitrogens with two attached hydrogens (primary N) is 1. The summed E-state index contributed by atoms with van der Waals surface area (Å²) in [6.07, 6.45) is 3.30. The van der Waals surface area contributed by atoms with Gasteiger partial charge in [0.1, 0.15) is 5.67 Å². The highest BCUT2D eigenvalue weighted by Crippen LogP contribution is 2.45. The lowest BCUT2D eigenvalue weighted by molar-refractivity contribution is 0.0420. The van der Waals surface area contributed by atoms with Gasteiger partial charge in [-0.1, -0.05) is 30.2 Å². The Morgan fingerprint density at radius 1 is 1.24 bits per heavy atom. The van der Waals surface area contributed by atoms with E-state index in [0.29, 0.717) is 48.0 Å². The van der Waals surface area contributed by atoms with Gasteiger partial charge in [-0.3, -0.25) is 4.79 Å². The van der Waals surface area contributed by atoms with Crippen LogP contribution >= 0.6 is 0 Å². The zero-order valence-electron chi connectivity index (χ0n) is 19.1. The van der Waals surface area contributed by atoms with Crippen molar-refractivity contribution in [1.29, 1.82) is 5.26 Å². The maximum atomic E-state index is 15.7.